The fraction of sp³-hybridized carbons (Fsp3) is 0.273. The Hall–Kier alpha value is -3.92. The van der Waals surface area contributed by atoms with Crippen molar-refractivity contribution in [3.63, 3.8) is 0 Å². The third-order valence-electron chi connectivity index (χ3n) is 7.06. The Balaban J connectivity index is 1.43. The maximum atomic E-state index is 9.61. The lowest BCUT2D eigenvalue weighted by Gasteiger charge is -2.30. The second-order valence-electron chi connectivity index (χ2n) is 11.0. The van der Waals surface area contributed by atoms with E-state index in [4.69, 9.17) is 9.47 Å². The molecule has 4 rings (SSSR count). The molecule has 0 unspecified atom stereocenters. The lowest BCUT2D eigenvalue weighted by atomic mass is 9.78. The molecule has 0 aliphatic carbocycles. The fourth-order valence-corrected chi connectivity index (χ4v) is 4.56. The van der Waals surface area contributed by atoms with Crippen LogP contribution in [0.1, 0.15) is 63.8 Å². The number of rotatable bonds is 8. The van der Waals surface area contributed by atoms with Gasteiger partial charge in [0.15, 0.2) is 0 Å². The number of benzene rings is 4. The van der Waals surface area contributed by atoms with Crippen LogP contribution in [-0.2, 0) is 10.8 Å². The zero-order valence-corrected chi connectivity index (χ0v) is 22.4. The minimum atomic E-state index is -0.873. The quantitative estimate of drug-likeness (QED) is 0.243. The Labute approximate surface area is 220 Å². The molecule has 4 aromatic rings. The lowest BCUT2D eigenvalue weighted by molar-refractivity contribution is -0.0809. The number of hydrogen-bond acceptors (Lipinski definition) is 4. The van der Waals surface area contributed by atoms with Crippen molar-refractivity contribution in [2.45, 2.75) is 58.2 Å². The molecule has 192 valence electrons. The third kappa shape index (κ3) is 5.91. The first-order chi connectivity index (χ1) is 17.4. The lowest BCUT2D eigenvalue weighted by Crippen LogP contribution is -2.35. The van der Waals surface area contributed by atoms with Crippen LogP contribution in [-0.4, -0.2) is 16.0 Å². The molecule has 0 saturated heterocycles. The summed E-state index contributed by atoms with van der Waals surface area (Å²) in [5.41, 5.74) is 4.12. The predicted octanol–water partition coefficient (Wildman–Crippen LogP) is 7.94. The van der Waals surface area contributed by atoms with Crippen LogP contribution >= 0.6 is 0 Å². The Morgan fingerprint density at radius 3 is 0.919 bits per heavy atom. The van der Waals surface area contributed by atoms with E-state index in [1.807, 2.05) is 62.4 Å². The van der Waals surface area contributed by atoms with Gasteiger partial charge >= 0.3 is 0 Å². The first kappa shape index (κ1) is 26.2. The van der Waals surface area contributed by atoms with Crippen molar-refractivity contribution in [2.75, 3.05) is 0 Å². The van der Waals surface area contributed by atoms with Crippen LogP contribution in [0.4, 0.5) is 0 Å². The zero-order chi connectivity index (χ0) is 26.8. The highest BCUT2D eigenvalue weighted by atomic mass is 16.7. The minimum Gasteiger partial charge on any atom is -0.508 e. The van der Waals surface area contributed by atoms with Crippen molar-refractivity contribution in [1.29, 1.82) is 0 Å². The maximum Gasteiger partial charge on any atom is 0.245 e. The van der Waals surface area contributed by atoms with Gasteiger partial charge in [0.25, 0.3) is 0 Å². The summed E-state index contributed by atoms with van der Waals surface area (Å²) in [6.07, 6.45) is 0. The topological polar surface area (TPSA) is 58.9 Å². The van der Waals surface area contributed by atoms with Gasteiger partial charge in [-0.25, -0.2) is 0 Å². The average molecular weight is 497 g/mol. The normalized spacial score (nSPS) is 12.3. The van der Waals surface area contributed by atoms with E-state index in [0.29, 0.717) is 0 Å². The van der Waals surface area contributed by atoms with Gasteiger partial charge in [-0.3, -0.25) is 0 Å². The molecule has 2 N–H and O–H groups in total. The smallest absolute Gasteiger partial charge is 0.245 e. The predicted molar refractivity (Wildman–Crippen MR) is 149 cm³/mol. The first-order valence-electron chi connectivity index (χ1n) is 12.5. The van der Waals surface area contributed by atoms with Gasteiger partial charge in [0, 0.05) is 24.7 Å². The Morgan fingerprint density at radius 1 is 0.405 bits per heavy atom. The van der Waals surface area contributed by atoms with Crippen LogP contribution < -0.4 is 9.47 Å². The molecule has 0 radical (unpaired) electrons. The molecule has 0 fully saturated rings. The molecule has 4 heteroatoms. The summed E-state index contributed by atoms with van der Waals surface area (Å²) in [5.74, 6) is 1.10. The monoisotopic (exact) mass is 496 g/mol. The summed E-state index contributed by atoms with van der Waals surface area (Å²) >= 11 is 0. The van der Waals surface area contributed by atoms with Gasteiger partial charge in [-0.1, -0.05) is 76.2 Å². The van der Waals surface area contributed by atoms with Crippen molar-refractivity contribution in [3.05, 3.63) is 119 Å². The summed E-state index contributed by atoms with van der Waals surface area (Å²) in [6.45, 7) is 12.4. The molecule has 0 spiro atoms. The van der Waals surface area contributed by atoms with Crippen LogP contribution in [0.25, 0.3) is 0 Å². The third-order valence-corrected chi connectivity index (χ3v) is 7.06. The molecule has 0 amide bonds. The van der Waals surface area contributed by atoms with E-state index in [2.05, 4.69) is 52.0 Å². The Kier molecular flexibility index (Phi) is 6.96. The van der Waals surface area contributed by atoms with Crippen molar-refractivity contribution in [3.8, 4) is 23.0 Å². The molecule has 0 saturated carbocycles. The van der Waals surface area contributed by atoms with Gasteiger partial charge < -0.3 is 19.7 Å². The van der Waals surface area contributed by atoms with E-state index in [9.17, 15) is 10.2 Å². The van der Waals surface area contributed by atoms with Gasteiger partial charge in [-0.15, -0.1) is 0 Å². The number of aromatic hydroxyl groups is 2. The van der Waals surface area contributed by atoms with Crippen molar-refractivity contribution >= 4 is 0 Å². The molecule has 37 heavy (non-hydrogen) atoms. The molecule has 0 aromatic heterocycles. The van der Waals surface area contributed by atoms with Gasteiger partial charge in [-0.2, -0.15) is 0 Å². The second kappa shape index (κ2) is 9.85. The van der Waals surface area contributed by atoms with Crippen LogP contribution in [0.15, 0.2) is 97.1 Å². The van der Waals surface area contributed by atoms with Gasteiger partial charge in [-0.05, 0) is 70.8 Å². The summed E-state index contributed by atoms with van der Waals surface area (Å²) in [4.78, 5) is 0. The molecule has 0 aliphatic rings. The van der Waals surface area contributed by atoms with E-state index in [1.165, 1.54) is 0 Å². The Morgan fingerprint density at radius 2 is 0.649 bits per heavy atom. The minimum absolute atomic E-state index is 0.214. The van der Waals surface area contributed by atoms with E-state index in [0.717, 1.165) is 33.8 Å². The number of phenols is 2. The fourth-order valence-electron chi connectivity index (χ4n) is 4.56. The number of phenolic OH excluding ortho intramolecular Hbond substituents is 2. The highest BCUT2D eigenvalue weighted by Crippen LogP contribution is 2.35. The van der Waals surface area contributed by atoms with Crippen LogP contribution in [0, 0.1) is 0 Å². The maximum absolute atomic E-state index is 9.61. The molecule has 0 bridgehead atoms. The van der Waals surface area contributed by atoms with Crippen LogP contribution in [0.2, 0.25) is 0 Å². The van der Waals surface area contributed by atoms with E-state index in [-0.39, 0.29) is 22.3 Å². The second-order valence-corrected chi connectivity index (χ2v) is 11.0. The standard InChI is InChI=1S/C33H36O4/c1-31(2,23-7-15-27(34)16-8-23)25-11-19-29(20-12-25)36-33(5,6)37-30-21-13-26(14-22-30)32(3,4)24-9-17-28(35)18-10-24/h7-22,34-35H,1-6H3. The largest absolute Gasteiger partial charge is 0.508 e. The van der Waals surface area contributed by atoms with Crippen molar-refractivity contribution < 1.29 is 19.7 Å². The Bertz CT molecular complexity index is 1210. The van der Waals surface area contributed by atoms with Crippen molar-refractivity contribution in [1.82, 2.24) is 0 Å². The summed E-state index contributed by atoms with van der Waals surface area (Å²) < 4.78 is 12.4. The van der Waals surface area contributed by atoms with Gasteiger partial charge in [0.2, 0.25) is 5.79 Å². The van der Waals surface area contributed by atoms with Crippen molar-refractivity contribution in [2.24, 2.45) is 0 Å². The van der Waals surface area contributed by atoms with E-state index in [1.54, 1.807) is 24.3 Å². The average Bonchev–Trinajstić information content (AvgIpc) is 2.85. The summed E-state index contributed by atoms with van der Waals surface area (Å²) in [7, 11) is 0. The SMILES string of the molecule is CC(C)(Oc1ccc(C(C)(C)c2ccc(O)cc2)cc1)Oc1ccc(C(C)(C)c2ccc(O)cc2)cc1. The van der Waals surface area contributed by atoms with E-state index >= 15 is 0 Å². The van der Waals surface area contributed by atoms with Gasteiger partial charge in [0.1, 0.15) is 23.0 Å². The van der Waals surface area contributed by atoms with E-state index < -0.39 is 5.79 Å². The summed E-state index contributed by atoms with van der Waals surface area (Å²) in [6, 6.07) is 30.8. The van der Waals surface area contributed by atoms with Gasteiger partial charge in [0.05, 0.1) is 0 Å². The first-order valence-corrected chi connectivity index (χ1v) is 12.5. The summed E-state index contributed by atoms with van der Waals surface area (Å²) in [5, 5.41) is 19.2. The highest BCUT2D eigenvalue weighted by Gasteiger charge is 2.26. The number of ether oxygens (including phenoxy) is 2. The molecule has 4 aromatic carbocycles. The molecular weight excluding hydrogens is 460 g/mol. The molecule has 0 atom stereocenters. The highest BCUT2D eigenvalue weighted by molar-refractivity contribution is 5.43. The van der Waals surface area contributed by atoms with Crippen LogP contribution in [0.5, 0.6) is 23.0 Å². The molecule has 0 aliphatic heterocycles. The van der Waals surface area contributed by atoms with Crippen LogP contribution in [0.3, 0.4) is 0 Å². The number of hydrogen-bond donors (Lipinski definition) is 2. The molecule has 4 nitrogen and oxygen atoms in total. The molecule has 0 heterocycles. The zero-order valence-electron chi connectivity index (χ0n) is 22.4. The molecular formula is C33H36O4.